The second-order valence-electron chi connectivity index (χ2n) is 10.3. The number of fused-ring (bicyclic) bond motifs is 2. The Kier molecular flexibility index (Phi) is 5.21. The minimum atomic E-state index is -4.31. The Morgan fingerprint density at radius 3 is 1.45 bits per heavy atom. The Hall–Kier alpha value is -1.77. The summed E-state index contributed by atoms with van der Waals surface area (Å²) in [7, 11) is -4.31. The van der Waals surface area contributed by atoms with Gasteiger partial charge in [-0.3, -0.25) is 4.89 Å². The SMILES string of the molecule is Cc1cc(C(C)(C)C)cc2c1OP(=O)(O)Oc1c(C)cc(C(C)(C)C)cc1C2C. The van der Waals surface area contributed by atoms with E-state index in [1.807, 2.05) is 26.0 Å². The highest BCUT2D eigenvalue weighted by Gasteiger charge is 2.36. The van der Waals surface area contributed by atoms with Crippen LogP contribution in [0, 0.1) is 13.8 Å². The molecular formula is C24H33O4P. The van der Waals surface area contributed by atoms with Crippen LogP contribution in [0.25, 0.3) is 0 Å². The highest BCUT2D eigenvalue weighted by Crippen LogP contribution is 2.54. The van der Waals surface area contributed by atoms with Gasteiger partial charge in [0.1, 0.15) is 11.5 Å². The average molecular weight is 416 g/mol. The van der Waals surface area contributed by atoms with Gasteiger partial charge >= 0.3 is 7.82 Å². The van der Waals surface area contributed by atoms with Crippen LogP contribution >= 0.6 is 7.82 Å². The Bertz CT molecular complexity index is 932. The van der Waals surface area contributed by atoms with Gasteiger partial charge < -0.3 is 9.05 Å². The minimum Gasteiger partial charge on any atom is -0.395 e. The lowest BCUT2D eigenvalue weighted by Gasteiger charge is -2.31. The molecule has 0 saturated carbocycles. The highest BCUT2D eigenvalue weighted by atomic mass is 31.2. The Morgan fingerprint density at radius 1 is 0.793 bits per heavy atom. The van der Waals surface area contributed by atoms with E-state index in [1.54, 1.807) is 0 Å². The van der Waals surface area contributed by atoms with Crippen LogP contribution in [-0.4, -0.2) is 4.89 Å². The number of aryl methyl sites for hydroxylation is 2. The van der Waals surface area contributed by atoms with Crippen molar-refractivity contribution in [1.82, 2.24) is 0 Å². The van der Waals surface area contributed by atoms with E-state index in [0.29, 0.717) is 11.5 Å². The van der Waals surface area contributed by atoms with E-state index in [1.165, 1.54) is 11.1 Å². The van der Waals surface area contributed by atoms with Crippen molar-refractivity contribution in [2.75, 3.05) is 0 Å². The number of hydrogen-bond donors (Lipinski definition) is 1. The fourth-order valence-corrected chi connectivity index (χ4v) is 4.78. The average Bonchev–Trinajstić information content (AvgIpc) is 2.54. The Labute approximate surface area is 174 Å². The predicted octanol–water partition coefficient (Wildman–Crippen LogP) is 6.92. The molecule has 0 fully saturated rings. The molecule has 1 N–H and O–H groups in total. The Balaban J connectivity index is 2.35. The summed E-state index contributed by atoms with van der Waals surface area (Å²) < 4.78 is 24.0. The topological polar surface area (TPSA) is 55.8 Å². The molecule has 158 valence electrons. The second-order valence-corrected chi connectivity index (χ2v) is 11.6. The molecule has 29 heavy (non-hydrogen) atoms. The maximum Gasteiger partial charge on any atom is 0.584 e. The molecule has 2 aromatic rings. The first-order chi connectivity index (χ1) is 13.1. The van der Waals surface area contributed by atoms with E-state index < -0.39 is 7.82 Å². The summed E-state index contributed by atoms with van der Waals surface area (Å²) in [5.74, 6) is 0.837. The van der Waals surface area contributed by atoms with Crippen molar-refractivity contribution in [3.63, 3.8) is 0 Å². The van der Waals surface area contributed by atoms with Crippen molar-refractivity contribution in [1.29, 1.82) is 0 Å². The first-order valence-corrected chi connectivity index (χ1v) is 11.6. The fourth-order valence-electron chi connectivity index (χ4n) is 3.78. The molecule has 5 heteroatoms. The standard InChI is InChI=1S/C24H33O4P/c1-14-10-17(23(4,5)6)12-19-16(3)20-13-18(24(7,8)9)11-15(2)22(20)28-29(25,26)27-21(14)19/h10-13,16H,1-9H3,(H,25,26). The molecule has 0 aliphatic carbocycles. The van der Waals surface area contributed by atoms with E-state index in [0.717, 1.165) is 22.3 Å². The van der Waals surface area contributed by atoms with Gasteiger partial charge in [0, 0.05) is 17.0 Å². The maximum absolute atomic E-state index is 12.8. The summed E-state index contributed by atoms with van der Waals surface area (Å²) in [6, 6.07) is 8.29. The number of benzene rings is 2. The molecule has 0 amide bonds. The van der Waals surface area contributed by atoms with Crippen molar-refractivity contribution >= 4 is 7.82 Å². The predicted molar refractivity (Wildman–Crippen MR) is 118 cm³/mol. The quantitative estimate of drug-likeness (QED) is 0.474. The van der Waals surface area contributed by atoms with Crippen LogP contribution < -0.4 is 9.05 Å². The zero-order chi connectivity index (χ0) is 21.9. The molecule has 1 aliphatic rings. The summed E-state index contributed by atoms with van der Waals surface area (Å²) in [6.07, 6.45) is 0. The van der Waals surface area contributed by atoms with Crippen molar-refractivity contribution in [2.45, 2.75) is 79.1 Å². The van der Waals surface area contributed by atoms with Crippen molar-refractivity contribution in [2.24, 2.45) is 0 Å². The number of hydrogen-bond acceptors (Lipinski definition) is 3. The molecule has 0 bridgehead atoms. The van der Waals surface area contributed by atoms with Crippen LogP contribution in [0.1, 0.15) is 87.8 Å². The van der Waals surface area contributed by atoms with Gasteiger partial charge in [-0.05, 0) is 46.9 Å². The lowest BCUT2D eigenvalue weighted by molar-refractivity contribution is 0.284. The number of phosphoric ester groups is 1. The van der Waals surface area contributed by atoms with Crippen LogP contribution in [-0.2, 0) is 15.4 Å². The van der Waals surface area contributed by atoms with Crippen LogP contribution in [0.2, 0.25) is 0 Å². The van der Waals surface area contributed by atoms with Crippen molar-refractivity contribution in [3.05, 3.63) is 57.6 Å². The van der Waals surface area contributed by atoms with E-state index in [9.17, 15) is 9.46 Å². The van der Waals surface area contributed by atoms with Gasteiger partial charge in [-0.15, -0.1) is 0 Å². The van der Waals surface area contributed by atoms with Gasteiger partial charge in [0.05, 0.1) is 0 Å². The minimum absolute atomic E-state index is 0.0483. The van der Waals surface area contributed by atoms with Crippen molar-refractivity contribution < 1.29 is 18.5 Å². The molecule has 0 saturated heterocycles. The van der Waals surface area contributed by atoms with Crippen LogP contribution in [0.5, 0.6) is 11.5 Å². The highest BCUT2D eigenvalue weighted by molar-refractivity contribution is 7.48. The van der Waals surface area contributed by atoms with Gasteiger partial charge in [-0.2, -0.15) is 0 Å². The summed E-state index contributed by atoms with van der Waals surface area (Å²) in [5.41, 5.74) is 5.75. The van der Waals surface area contributed by atoms with E-state index in [-0.39, 0.29) is 16.7 Å². The first-order valence-electron chi connectivity index (χ1n) is 10.1. The first kappa shape index (κ1) is 21.9. The number of phosphoric acid groups is 1. The third-order valence-corrected chi connectivity index (χ3v) is 6.51. The summed E-state index contributed by atoms with van der Waals surface area (Å²) >= 11 is 0. The molecule has 3 rings (SSSR count). The summed E-state index contributed by atoms with van der Waals surface area (Å²) in [4.78, 5) is 10.5. The van der Waals surface area contributed by atoms with Crippen LogP contribution in [0.15, 0.2) is 24.3 Å². The third-order valence-electron chi connectivity index (χ3n) is 5.69. The molecule has 0 aromatic heterocycles. The lowest BCUT2D eigenvalue weighted by Crippen LogP contribution is -2.17. The summed E-state index contributed by atoms with van der Waals surface area (Å²) in [5, 5.41) is 0. The van der Waals surface area contributed by atoms with E-state index in [2.05, 4.69) is 60.6 Å². The third kappa shape index (κ3) is 4.25. The molecule has 0 unspecified atom stereocenters. The van der Waals surface area contributed by atoms with Gasteiger partial charge in [0.25, 0.3) is 0 Å². The maximum atomic E-state index is 12.8. The monoisotopic (exact) mass is 416 g/mol. The summed E-state index contributed by atoms with van der Waals surface area (Å²) in [6.45, 7) is 18.9. The molecule has 0 spiro atoms. The zero-order valence-corrected chi connectivity index (χ0v) is 19.9. The Morgan fingerprint density at radius 2 is 1.14 bits per heavy atom. The fraction of sp³-hybridized carbons (Fsp3) is 0.500. The smallest absolute Gasteiger partial charge is 0.395 e. The lowest BCUT2D eigenvalue weighted by atomic mass is 9.79. The van der Waals surface area contributed by atoms with Gasteiger partial charge in [-0.25, -0.2) is 4.57 Å². The number of rotatable bonds is 0. The van der Waals surface area contributed by atoms with E-state index >= 15 is 0 Å². The molecule has 1 aliphatic heterocycles. The van der Waals surface area contributed by atoms with Crippen molar-refractivity contribution in [3.8, 4) is 11.5 Å². The zero-order valence-electron chi connectivity index (χ0n) is 19.0. The molecule has 0 radical (unpaired) electrons. The largest absolute Gasteiger partial charge is 0.584 e. The molecule has 0 atom stereocenters. The molecule has 2 aromatic carbocycles. The molecule has 1 heterocycles. The van der Waals surface area contributed by atoms with Gasteiger partial charge in [-0.1, -0.05) is 72.7 Å². The van der Waals surface area contributed by atoms with Gasteiger partial charge in [0.15, 0.2) is 0 Å². The van der Waals surface area contributed by atoms with Gasteiger partial charge in [0.2, 0.25) is 0 Å². The molecule has 4 nitrogen and oxygen atoms in total. The second kappa shape index (κ2) is 6.89. The normalized spacial score (nSPS) is 21.9. The van der Waals surface area contributed by atoms with Crippen LogP contribution in [0.3, 0.4) is 0 Å². The van der Waals surface area contributed by atoms with E-state index in [4.69, 9.17) is 9.05 Å². The molecular weight excluding hydrogens is 383 g/mol. The van der Waals surface area contributed by atoms with Crippen LogP contribution in [0.4, 0.5) is 0 Å².